The molecule has 1 aromatic carbocycles. The molecular formula is C21H29N3O4. The number of methoxy groups -OCH3 is 1. The zero-order chi connectivity index (χ0) is 19.6. The number of likely N-dealkylation sites (tertiary alicyclic amines) is 2. The number of rotatable bonds is 3. The van der Waals surface area contributed by atoms with Crippen LogP contribution in [0.15, 0.2) is 24.3 Å². The van der Waals surface area contributed by atoms with Crippen LogP contribution in [0, 0.1) is 5.41 Å². The van der Waals surface area contributed by atoms with E-state index in [9.17, 15) is 9.59 Å². The zero-order valence-corrected chi connectivity index (χ0v) is 16.6. The van der Waals surface area contributed by atoms with E-state index < -0.39 is 0 Å². The van der Waals surface area contributed by atoms with Gasteiger partial charge in [-0.15, -0.1) is 0 Å². The molecule has 0 atom stereocenters. The van der Waals surface area contributed by atoms with Crippen molar-refractivity contribution in [1.29, 1.82) is 0 Å². The molecule has 0 aromatic heterocycles. The number of nitrogens with zero attached hydrogens (tertiary/aromatic N) is 3. The first kappa shape index (κ1) is 19.1. The third kappa shape index (κ3) is 3.94. The summed E-state index contributed by atoms with van der Waals surface area (Å²) in [5, 5.41) is 0. The number of hydrogen-bond donors (Lipinski definition) is 0. The Morgan fingerprint density at radius 2 is 1.86 bits per heavy atom. The monoisotopic (exact) mass is 387 g/mol. The first-order valence-corrected chi connectivity index (χ1v) is 10.1. The largest absolute Gasteiger partial charge is 0.497 e. The Kier molecular flexibility index (Phi) is 5.44. The van der Waals surface area contributed by atoms with Crippen molar-refractivity contribution in [2.45, 2.75) is 25.8 Å². The van der Waals surface area contributed by atoms with Crippen LogP contribution in [0.25, 0.3) is 0 Å². The molecule has 0 N–H and O–H groups in total. The number of piperidine rings is 1. The van der Waals surface area contributed by atoms with Crippen molar-refractivity contribution in [3.8, 4) is 5.75 Å². The molecule has 3 amide bonds. The molecule has 0 saturated carbocycles. The van der Waals surface area contributed by atoms with E-state index in [1.165, 1.54) is 0 Å². The lowest BCUT2D eigenvalue weighted by Crippen LogP contribution is -2.52. The molecule has 7 nitrogen and oxygen atoms in total. The second-order valence-corrected chi connectivity index (χ2v) is 8.15. The molecule has 3 aliphatic rings. The molecule has 28 heavy (non-hydrogen) atoms. The normalized spacial score (nSPS) is 22.0. The van der Waals surface area contributed by atoms with E-state index in [0.717, 1.165) is 43.8 Å². The van der Waals surface area contributed by atoms with Gasteiger partial charge in [-0.2, -0.15) is 0 Å². The van der Waals surface area contributed by atoms with Gasteiger partial charge in [-0.1, -0.05) is 12.1 Å². The van der Waals surface area contributed by atoms with Crippen molar-refractivity contribution in [2.75, 3.05) is 53.0 Å². The minimum absolute atomic E-state index is 0.0116. The Hall–Kier alpha value is -2.28. The van der Waals surface area contributed by atoms with Gasteiger partial charge < -0.3 is 24.2 Å². The molecule has 0 bridgehead atoms. The Morgan fingerprint density at radius 1 is 1.14 bits per heavy atom. The average molecular weight is 387 g/mol. The van der Waals surface area contributed by atoms with Crippen LogP contribution >= 0.6 is 0 Å². The minimum Gasteiger partial charge on any atom is -0.497 e. The molecule has 3 aliphatic heterocycles. The van der Waals surface area contributed by atoms with Crippen LogP contribution in [0.5, 0.6) is 5.75 Å². The van der Waals surface area contributed by atoms with Gasteiger partial charge in [0.1, 0.15) is 5.75 Å². The average Bonchev–Trinajstić information content (AvgIpc) is 3.03. The highest BCUT2D eigenvalue weighted by Crippen LogP contribution is 2.41. The van der Waals surface area contributed by atoms with Crippen molar-refractivity contribution >= 4 is 11.9 Å². The second-order valence-electron chi connectivity index (χ2n) is 8.15. The summed E-state index contributed by atoms with van der Waals surface area (Å²) in [6, 6.07) is 8.01. The summed E-state index contributed by atoms with van der Waals surface area (Å²) < 4.78 is 10.6. The number of morpholine rings is 1. The van der Waals surface area contributed by atoms with Gasteiger partial charge in [0.15, 0.2) is 0 Å². The maximum atomic E-state index is 12.7. The summed E-state index contributed by atoms with van der Waals surface area (Å²) in [6.07, 6.45) is 2.38. The molecule has 152 valence electrons. The molecule has 1 aromatic rings. The number of amides is 3. The Balaban J connectivity index is 1.34. The maximum absolute atomic E-state index is 12.7. The molecule has 0 aliphatic carbocycles. The molecule has 7 heteroatoms. The molecule has 4 rings (SSSR count). The number of benzene rings is 1. The summed E-state index contributed by atoms with van der Waals surface area (Å²) in [6.45, 7) is 5.46. The van der Waals surface area contributed by atoms with Crippen LogP contribution in [0.3, 0.4) is 0 Å². The highest BCUT2D eigenvalue weighted by molar-refractivity contribution is 5.80. The van der Waals surface area contributed by atoms with Crippen molar-refractivity contribution in [2.24, 2.45) is 5.41 Å². The van der Waals surface area contributed by atoms with Crippen molar-refractivity contribution in [1.82, 2.24) is 14.7 Å². The highest BCUT2D eigenvalue weighted by Gasteiger charge is 2.45. The van der Waals surface area contributed by atoms with Gasteiger partial charge in [0.05, 0.1) is 20.3 Å². The third-order valence-electron chi connectivity index (χ3n) is 6.29. The smallest absolute Gasteiger partial charge is 0.320 e. The second kappa shape index (κ2) is 7.99. The lowest BCUT2D eigenvalue weighted by atomic mass is 9.77. The standard InChI is InChI=1S/C21H29N3O4/c1-27-18-4-2-3-17(13-18)15-24-16-21(14-19(24)25)5-7-22(8-6-21)20(26)23-9-11-28-12-10-23/h2-4,13H,5-12,14-16H2,1H3. The summed E-state index contributed by atoms with van der Waals surface area (Å²) in [5.41, 5.74) is 1.10. The highest BCUT2D eigenvalue weighted by atomic mass is 16.5. The van der Waals surface area contributed by atoms with Crippen LogP contribution in [-0.4, -0.2) is 79.7 Å². The predicted molar refractivity (Wildman–Crippen MR) is 104 cm³/mol. The van der Waals surface area contributed by atoms with E-state index in [-0.39, 0.29) is 17.4 Å². The van der Waals surface area contributed by atoms with Gasteiger partial charge in [0.2, 0.25) is 5.91 Å². The van der Waals surface area contributed by atoms with Gasteiger partial charge in [-0.3, -0.25) is 4.79 Å². The summed E-state index contributed by atoms with van der Waals surface area (Å²) in [4.78, 5) is 31.2. The molecule has 3 saturated heterocycles. The van der Waals surface area contributed by atoms with Crippen LogP contribution in [-0.2, 0) is 16.1 Å². The van der Waals surface area contributed by atoms with E-state index in [2.05, 4.69) is 0 Å². The maximum Gasteiger partial charge on any atom is 0.320 e. The first-order chi connectivity index (χ1) is 13.6. The fraction of sp³-hybridized carbons (Fsp3) is 0.619. The van der Waals surface area contributed by atoms with Crippen LogP contribution < -0.4 is 4.74 Å². The Bertz CT molecular complexity index is 724. The van der Waals surface area contributed by atoms with Crippen molar-refractivity contribution in [3.63, 3.8) is 0 Å². The number of carbonyl (C=O) groups excluding carboxylic acids is 2. The lowest BCUT2D eigenvalue weighted by molar-refractivity contribution is -0.128. The number of urea groups is 1. The Morgan fingerprint density at radius 3 is 2.57 bits per heavy atom. The van der Waals surface area contributed by atoms with Gasteiger partial charge in [0.25, 0.3) is 0 Å². The third-order valence-corrected chi connectivity index (χ3v) is 6.29. The molecule has 0 radical (unpaired) electrons. The quantitative estimate of drug-likeness (QED) is 0.796. The summed E-state index contributed by atoms with van der Waals surface area (Å²) >= 11 is 0. The molecule has 3 heterocycles. The first-order valence-electron chi connectivity index (χ1n) is 10.1. The van der Waals surface area contributed by atoms with E-state index in [1.54, 1.807) is 7.11 Å². The Labute approximate surface area is 166 Å². The summed E-state index contributed by atoms with van der Waals surface area (Å²) in [5.74, 6) is 1.03. The number of hydrogen-bond acceptors (Lipinski definition) is 4. The van der Waals surface area contributed by atoms with Gasteiger partial charge in [-0.05, 0) is 30.5 Å². The topological polar surface area (TPSA) is 62.3 Å². The van der Waals surface area contributed by atoms with E-state index in [0.29, 0.717) is 39.3 Å². The fourth-order valence-corrected chi connectivity index (χ4v) is 4.58. The molecule has 1 spiro atoms. The van der Waals surface area contributed by atoms with E-state index >= 15 is 0 Å². The zero-order valence-electron chi connectivity index (χ0n) is 16.6. The van der Waals surface area contributed by atoms with Crippen molar-refractivity contribution < 1.29 is 19.1 Å². The van der Waals surface area contributed by atoms with Gasteiger partial charge in [0, 0.05) is 51.1 Å². The van der Waals surface area contributed by atoms with E-state index in [1.807, 2.05) is 39.0 Å². The molecule has 3 fully saturated rings. The lowest BCUT2D eigenvalue weighted by Gasteiger charge is -2.41. The SMILES string of the molecule is COc1cccc(CN2CC3(CCN(C(=O)N4CCOCC4)CC3)CC2=O)c1. The van der Waals surface area contributed by atoms with Gasteiger partial charge in [-0.25, -0.2) is 4.79 Å². The minimum atomic E-state index is 0.0116. The van der Waals surface area contributed by atoms with Crippen LogP contribution in [0.2, 0.25) is 0 Å². The molecule has 0 unspecified atom stereocenters. The fourth-order valence-electron chi connectivity index (χ4n) is 4.58. The van der Waals surface area contributed by atoms with Gasteiger partial charge >= 0.3 is 6.03 Å². The van der Waals surface area contributed by atoms with Crippen molar-refractivity contribution in [3.05, 3.63) is 29.8 Å². The predicted octanol–water partition coefficient (Wildman–Crippen LogP) is 1.96. The van der Waals surface area contributed by atoms with Crippen LogP contribution in [0.1, 0.15) is 24.8 Å². The number of carbonyl (C=O) groups is 2. The number of ether oxygens (including phenoxy) is 2. The van der Waals surface area contributed by atoms with Crippen LogP contribution in [0.4, 0.5) is 4.79 Å². The molecular weight excluding hydrogens is 358 g/mol. The van der Waals surface area contributed by atoms with E-state index in [4.69, 9.17) is 9.47 Å². The summed E-state index contributed by atoms with van der Waals surface area (Å²) in [7, 11) is 1.65.